The SMILES string of the molecule is CCCNCc1cn[nH]c1S(=O)(=O)N(C)CCS(C)(=O)=O. The van der Waals surface area contributed by atoms with Gasteiger partial charge < -0.3 is 5.32 Å². The van der Waals surface area contributed by atoms with Crippen LogP contribution < -0.4 is 5.32 Å². The molecule has 0 aliphatic heterocycles. The quantitative estimate of drug-likeness (QED) is 0.591. The molecule has 0 radical (unpaired) electrons. The van der Waals surface area contributed by atoms with Gasteiger partial charge in [-0.15, -0.1) is 0 Å². The van der Waals surface area contributed by atoms with Gasteiger partial charge in [0, 0.05) is 32.0 Å². The van der Waals surface area contributed by atoms with E-state index in [0.29, 0.717) is 12.1 Å². The van der Waals surface area contributed by atoms with Crippen molar-refractivity contribution in [3.63, 3.8) is 0 Å². The molecule has 0 saturated heterocycles. The van der Waals surface area contributed by atoms with E-state index in [1.165, 1.54) is 13.2 Å². The second-order valence-electron chi connectivity index (χ2n) is 4.86. The van der Waals surface area contributed by atoms with Gasteiger partial charge in [-0.1, -0.05) is 6.92 Å². The van der Waals surface area contributed by atoms with Crippen molar-refractivity contribution in [1.29, 1.82) is 0 Å². The van der Waals surface area contributed by atoms with E-state index in [0.717, 1.165) is 23.5 Å². The maximum atomic E-state index is 12.4. The number of aromatic amines is 1. The fourth-order valence-electron chi connectivity index (χ4n) is 1.62. The van der Waals surface area contributed by atoms with Gasteiger partial charge in [0.15, 0.2) is 5.03 Å². The number of sulfone groups is 1. The summed E-state index contributed by atoms with van der Waals surface area (Å²) in [7, 11) is -5.64. The van der Waals surface area contributed by atoms with Crippen LogP contribution in [-0.2, 0) is 26.4 Å². The van der Waals surface area contributed by atoms with E-state index in [9.17, 15) is 16.8 Å². The molecule has 0 spiro atoms. The third-order valence-electron chi connectivity index (χ3n) is 2.87. The van der Waals surface area contributed by atoms with E-state index < -0.39 is 19.9 Å². The van der Waals surface area contributed by atoms with Crippen LogP contribution in [0.25, 0.3) is 0 Å². The lowest BCUT2D eigenvalue weighted by Gasteiger charge is -2.16. The third-order valence-corrected chi connectivity index (χ3v) is 5.66. The highest BCUT2D eigenvalue weighted by Crippen LogP contribution is 2.16. The molecular weight excluding hydrogens is 316 g/mol. The van der Waals surface area contributed by atoms with E-state index in [-0.39, 0.29) is 17.3 Å². The Bertz CT molecular complexity index is 652. The van der Waals surface area contributed by atoms with Crippen LogP contribution in [0, 0.1) is 0 Å². The molecule has 0 unspecified atom stereocenters. The van der Waals surface area contributed by atoms with Crippen LogP contribution in [0.1, 0.15) is 18.9 Å². The fourth-order valence-corrected chi connectivity index (χ4v) is 3.61. The van der Waals surface area contributed by atoms with Crippen LogP contribution in [0.4, 0.5) is 0 Å². The van der Waals surface area contributed by atoms with Gasteiger partial charge in [-0.05, 0) is 13.0 Å². The van der Waals surface area contributed by atoms with Gasteiger partial charge in [-0.3, -0.25) is 5.10 Å². The van der Waals surface area contributed by atoms with Gasteiger partial charge >= 0.3 is 0 Å². The van der Waals surface area contributed by atoms with E-state index >= 15 is 0 Å². The highest BCUT2D eigenvalue weighted by atomic mass is 32.2. The van der Waals surface area contributed by atoms with E-state index in [1.54, 1.807) is 0 Å². The smallest absolute Gasteiger partial charge is 0.260 e. The molecule has 1 aromatic heterocycles. The largest absolute Gasteiger partial charge is 0.313 e. The normalized spacial score (nSPS) is 13.0. The first-order valence-corrected chi connectivity index (χ1v) is 10.1. The van der Waals surface area contributed by atoms with E-state index in [2.05, 4.69) is 15.5 Å². The van der Waals surface area contributed by atoms with Crippen molar-refractivity contribution < 1.29 is 16.8 Å². The minimum Gasteiger partial charge on any atom is -0.313 e. The number of nitrogens with zero attached hydrogens (tertiary/aromatic N) is 2. The summed E-state index contributed by atoms with van der Waals surface area (Å²) in [5.41, 5.74) is 0.537. The molecule has 1 aromatic rings. The number of nitrogens with one attached hydrogen (secondary N) is 2. The lowest BCUT2D eigenvalue weighted by atomic mass is 10.3. The Morgan fingerprint density at radius 1 is 1.33 bits per heavy atom. The minimum absolute atomic E-state index is 0.00195. The van der Waals surface area contributed by atoms with E-state index in [1.807, 2.05) is 6.92 Å². The first kappa shape index (κ1) is 18.1. The monoisotopic (exact) mass is 338 g/mol. The standard InChI is InChI=1S/C11H22N4O4S2/c1-4-5-12-8-10-9-13-14-11(10)21(18,19)15(2)6-7-20(3,16)17/h9,12H,4-8H2,1-3H3,(H,13,14). The Kier molecular flexibility index (Phi) is 6.32. The molecule has 0 amide bonds. The lowest BCUT2D eigenvalue weighted by Crippen LogP contribution is -2.32. The van der Waals surface area contributed by atoms with Crippen LogP contribution in [0.5, 0.6) is 0 Å². The second-order valence-corrected chi connectivity index (χ2v) is 9.10. The lowest BCUT2D eigenvalue weighted by molar-refractivity contribution is 0.480. The molecule has 0 aliphatic carbocycles. The zero-order valence-electron chi connectivity index (χ0n) is 12.5. The molecule has 0 atom stereocenters. The summed E-state index contributed by atoms with van der Waals surface area (Å²) in [6.07, 6.45) is 3.47. The summed E-state index contributed by atoms with van der Waals surface area (Å²) in [5, 5.41) is 9.36. The van der Waals surface area contributed by atoms with Crippen molar-refractivity contribution in [2.24, 2.45) is 0 Å². The minimum atomic E-state index is -3.78. The van der Waals surface area contributed by atoms with Crippen molar-refractivity contribution in [3.05, 3.63) is 11.8 Å². The Hall–Kier alpha value is -0.970. The highest BCUT2D eigenvalue weighted by Gasteiger charge is 2.26. The number of hydrogen-bond acceptors (Lipinski definition) is 6. The average Bonchev–Trinajstić information content (AvgIpc) is 2.84. The first-order chi connectivity index (χ1) is 9.68. The second kappa shape index (κ2) is 7.34. The topological polar surface area (TPSA) is 112 Å². The maximum absolute atomic E-state index is 12.4. The van der Waals surface area contributed by atoms with Crippen LogP contribution in [0.3, 0.4) is 0 Å². The summed E-state index contributed by atoms with van der Waals surface area (Å²) in [4.78, 5) is 0. The average molecular weight is 338 g/mol. The molecule has 8 nitrogen and oxygen atoms in total. The molecule has 0 aliphatic rings. The summed E-state index contributed by atoms with van der Waals surface area (Å²) in [6, 6.07) is 0. The Balaban J connectivity index is 2.85. The molecule has 0 saturated carbocycles. The number of rotatable bonds is 9. The third kappa shape index (κ3) is 5.38. The van der Waals surface area contributed by atoms with Crippen molar-refractivity contribution in [2.45, 2.75) is 24.9 Å². The summed E-state index contributed by atoms with van der Waals surface area (Å²) in [6.45, 7) is 3.08. The van der Waals surface area contributed by atoms with Gasteiger partial charge in [0.2, 0.25) is 0 Å². The molecule has 122 valence electrons. The van der Waals surface area contributed by atoms with Gasteiger partial charge in [0.05, 0.1) is 11.9 Å². The van der Waals surface area contributed by atoms with Crippen molar-refractivity contribution >= 4 is 19.9 Å². The zero-order chi connectivity index (χ0) is 16.1. The van der Waals surface area contributed by atoms with Crippen molar-refractivity contribution in [3.8, 4) is 0 Å². The van der Waals surface area contributed by atoms with Crippen LogP contribution >= 0.6 is 0 Å². The molecule has 0 fully saturated rings. The predicted octanol–water partition coefficient (Wildman–Crippen LogP) is -0.426. The molecule has 0 bridgehead atoms. The number of hydrogen-bond donors (Lipinski definition) is 2. The molecule has 21 heavy (non-hydrogen) atoms. The number of aromatic nitrogens is 2. The molecule has 1 heterocycles. The van der Waals surface area contributed by atoms with Crippen molar-refractivity contribution in [1.82, 2.24) is 19.8 Å². The Morgan fingerprint density at radius 3 is 2.57 bits per heavy atom. The zero-order valence-corrected chi connectivity index (χ0v) is 14.1. The van der Waals surface area contributed by atoms with Crippen LogP contribution in [0.15, 0.2) is 11.2 Å². The molecule has 10 heteroatoms. The summed E-state index contributed by atoms with van der Waals surface area (Å²) in [5.74, 6) is -0.222. The predicted molar refractivity (Wildman–Crippen MR) is 80.1 cm³/mol. The molecular formula is C11H22N4O4S2. The maximum Gasteiger partial charge on any atom is 0.260 e. The van der Waals surface area contributed by atoms with Crippen LogP contribution in [0.2, 0.25) is 0 Å². The first-order valence-electron chi connectivity index (χ1n) is 6.55. The Morgan fingerprint density at radius 2 is 2.00 bits per heavy atom. The van der Waals surface area contributed by atoms with Gasteiger partial charge in [0.1, 0.15) is 9.84 Å². The fraction of sp³-hybridized carbons (Fsp3) is 0.727. The molecule has 2 N–H and O–H groups in total. The molecule has 1 rings (SSSR count). The number of sulfonamides is 1. The van der Waals surface area contributed by atoms with Gasteiger partial charge in [-0.2, -0.15) is 9.40 Å². The summed E-state index contributed by atoms with van der Waals surface area (Å²) < 4.78 is 48.1. The van der Waals surface area contributed by atoms with E-state index in [4.69, 9.17) is 0 Å². The number of H-pyrrole nitrogens is 1. The Labute approximate surface area is 125 Å². The van der Waals surface area contributed by atoms with Crippen molar-refractivity contribution in [2.75, 3.05) is 32.1 Å². The van der Waals surface area contributed by atoms with Gasteiger partial charge in [0.25, 0.3) is 10.0 Å². The molecule has 0 aromatic carbocycles. The summed E-state index contributed by atoms with van der Waals surface area (Å²) >= 11 is 0. The highest BCUT2D eigenvalue weighted by molar-refractivity contribution is 7.91. The van der Waals surface area contributed by atoms with Gasteiger partial charge in [-0.25, -0.2) is 16.8 Å². The van der Waals surface area contributed by atoms with Crippen LogP contribution in [-0.4, -0.2) is 63.5 Å².